The highest BCUT2D eigenvalue weighted by Crippen LogP contribution is 2.38. The third-order valence-corrected chi connectivity index (χ3v) is 7.59. The molecule has 1 aromatic heterocycles. The summed E-state index contributed by atoms with van der Waals surface area (Å²) in [7, 11) is 3.87. The second kappa shape index (κ2) is 8.56. The van der Waals surface area contributed by atoms with E-state index in [0.29, 0.717) is 37.4 Å². The minimum Gasteiger partial charge on any atom is -0.489 e. The molecule has 1 atom stereocenters. The number of nitrogens with one attached hydrogen (secondary N) is 2. The summed E-state index contributed by atoms with van der Waals surface area (Å²) in [5, 5.41) is 6.12. The molecule has 7 rings (SSSR count). The molecule has 0 spiro atoms. The van der Waals surface area contributed by atoms with Gasteiger partial charge in [-0.15, -0.1) is 0 Å². The van der Waals surface area contributed by atoms with Crippen LogP contribution in [-0.4, -0.2) is 66.0 Å². The molecular formula is C30H27N5O3. The topological polar surface area (TPSA) is 90.0 Å². The number of nitrogens with zero attached hydrogens (tertiary/aromatic N) is 3. The third-order valence-electron chi connectivity index (χ3n) is 7.59. The minimum absolute atomic E-state index is 0.122. The van der Waals surface area contributed by atoms with Gasteiger partial charge in [0, 0.05) is 40.8 Å². The summed E-state index contributed by atoms with van der Waals surface area (Å²) in [5.41, 5.74) is 5.62. The number of amides is 2. The first-order valence-electron chi connectivity index (χ1n) is 12.8. The lowest BCUT2D eigenvalue weighted by Crippen LogP contribution is -2.36. The van der Waals surface area contributed by atoms with Gasteiger partial charge in [-0.3, -0.25) is 19.5 Å². The van der Waals surface area contributed by atoms with Gasteiger partial charge in [-0.05, 0) is 43.5 Å². The van der Waals surface area contributed by atoms with E-state index in [9.17, 15) is 9.59 Å². The predicted octanol–water partition coefficient (Wildman–Crippen LogP) is 2.31. The highest BCUT2D eigenvalue weighted by atomic mass is 16.5. The Kier molecular flexibility index (Phi) is 5.13. The van der Waals surface area contributed by atoms with E-state index in [2.05, 4.69) is 21.4 Å². The van der Waals surface area contributed by atoms with Gasteiger partial charge in [0.1, 0.15) is 12.4 Å². The maximum atomic E-state index is 13.9. The van der Waals surface area contributed by atoms with Crippen LogP contribution in [0.1, 0.15) is 31.8 Å². The van der Waals surface area contributed by atoms with Gasteiger partial charge >= 0.3 is 0 Å². The normalized spacial score (nSPS) is 18.8. The molecule has 4 aliphatic rings. The summed E-state index contributed by atoms with van der Waals surface area (Å²) < 4.78 is 6.13. The Morgan fingerprint density at radius 3 is 2.76 bits per heavy atom. The lowest BCUT2D eigenvalue weighted by atomic mass is 9.94. The van der Waals surface area contributed by atoms with Crippen molar-refractivity contribution >= 4 is 46.3 Å². The van der Waals surface area contributed by atoms with Crippen LogP contribution >= 0.6 is 0 Å². The molecule has 0 bridgehead atoms. The van der Waals surface area contributed by atoms with Crippen molar-refractivity contribution in [3.63, 3.8) is 0 Å². The van der Waals surface area contributed by atoms with Crippen LogP contribution in [0.4, 0.5) is 5.69 Å². The third kappa shape index (κ3) is 3.37. The smallest absolute Gasteiger partial charge is 0.262 e. The maximum absolute atomic E-state index is 13.9. The number of H-pyrrole nitrogens is 1. The second-order valence-corrected chi connectivity index (χ2v) is 10.2. The first-order valence-corrected chi connectivity index (χ1v) is 12.8. The van der Waals surface area contributed by atoms with E-state index in [1.165, 1.54) is 4.90 Å². The standard InChI is InChI=1S/C30H27N5O3/c1-34(2)12-13-35-29(36)25-23-19-14-18(38-16-17-6-4-3-5-7-17)8-9-21(19)32-27(23)28-24(26(25)30(35)37)20-15-31-11-10-22(20)33-28/h3-11,14,21,32-33H,12-13,15-16H2,1-2H3. The van der Waals surface area contributed by atoms with Crippen molar-refractivity contribution in [2.24, 2.45) is 4.99 Å². The number of aromatic amines is 1. The van der Waals surface area contributed by atoms with Crippen LogP contribution in [0.25, 0.3) is 22.6 Å². The van der Waals surface area contributed by atoms with Crippen LogP contribution < -0.4 is 15.9 Å². The lowest BCUT2D eigenvalue weighted by Gasteiger charge is -2.17. The van der Waals surface area contributed by atoms with Crippen LogP contribution in [0.5, 0.6) is 0 Å². The van der Waals surface area contributed by atoms with E-state index >= 15 is 0 Å². The van der Waals surface area contributed by atoms with Gasteiger partial charge in [-0.25, -0.2) is 0 Å². The van der Waals surface area contributed by atoms with Gasteiger partial charge in [-0.1, -0.05) is 36.4 Å². The Labute approximate surface area is 219 Å². The van der Waals surface area contributed by atoms with Gasteiger partial charge in [-0.2, -0.15) is 0 Å². The molecule has 8 heteroatoms. The van der Waals surface area contributed by atoms with Crippen molar-refractivity contribution in [3.8, 4) is 0 Å². The molecule has 2 aromatic carbocycles. The molecule has 38 heavy (non-hydrogen) atoms. The van der Waals surface area contributed by atoms with E-state index < -0.39 is 0 Å². The van der Waals surface area contributed by atoms with E-state index in [0.717, 1.165) is 49.6 Å². The van der Waals surface area contributed by atoms with E-state index in [1.807, 2.05) is 67.6 Å². The van der Waals surface area contributed by atoms with Crippen LogP contribution in [-0.2, 0) is 17.9 Å². The Morgan fingerprint density at radius 1 is 1.13 bits per heavy atom. The minimum atomic E-state index is -0.243. The Morgan fingerprint density at radius 2 is 1.95 bits per heavy atom. The predicted molar refractivity (Wildman–Crippen MR) is 147 cm³/mol. The number of carbonyl (C=O) groups excluding carboxylic acids is 2. The fourth-order valence-corrected chi connectivity index (χ4v) is 5.75. The number of fused-ring (bicyclic) bond motifs is 9. The SMILES string of the molecule is CN(C)CCN1C(=O)c2c(c3c4c([nH]c3c3c2=C2C=C(OCc5ccccc5)C=CC2N3)=CC=NC4)C1=O. The van der Waals surface area contributed by atoms with Crippen molar-refractivity contribution < 1.29 is 14.3 Å². The molecule has 3 aliphatic heterocycles. The molecule has 2 N–H and O–H groups in total. The number of hydrogen-bond acceptors (Lipinski definition) is 6. The van der Waals surface area contributed by atoms with Crippen molar-refractivity contribution in [2.45, 2.75) is 19.2 Å². The average Bonchev–Trinajstić information content (AvgIpc) is 3.56. The highest BCUT2D eigenvalue weighted by molar-refractivity contribution is 6.29. The van der Waals surface area contributed by atoms with Crippen molar-refractivity contribution in [1.29, 1.82) is 0 Å². The summed E-state index contributed by atoms with van der Waals surface area (Å²) in [5.74, 6) is 0.237. The zero-order valence-electron chi connectivity index (χ0n) is 21.2. The number of rotatable bonds is 6. The second-order valence-electron chi connectivity index (χ2n) is 10.2. The van der Waals surface area contributed by atoms with Gasteiger partial charge in [0.2, 0.25) is 0 Å². The number of imide groups is 1. The number of allylic oxidation sites excluding steroid dienone is 1. The quantitative estimate of drug-likeness (QED) is 0.502. The van der Waals surface area contributed by atoms with Crippen LogP contribution in [0, 0.1) is 0 Å². The van der Waals surface area contributed by atoms with Gasteiger partial charge in [0.25, 0.3) is 11.8 Å². The Hall–Kier alpha value is -4.43. The Bertz CT molecular complexity index is 1740. The highest BCUT2D eigenvalue weighted by Gasteiger charge is 2.42. The molecule has 190 valence electrons. The van der Waals surface area contributed by atoms with E-state index in [4.69, 9.17) is 4.74 Å². The molecule has 4 heterocycles. The molecule has 1 aliphatic carbocycles. The Balaban J connectivity index is 1.43. The van der Waals surface area contributed by atoms with Crippen molar-refractivity contribution in [1.82, 2.24) is 14.8 Å². The van der Waals surface area contributed by atoms with Crippen LogP contribution in [0.2, 0.25) is 0 Å². The molecule has 8 nitrogen and oxygen atoms in total. The first kappa shape index (κ1) is 22.7. The van der Waals surface area contributed by atoms with E-state index in [-0.39, 0.29) is 17.9 Å². The fraction of sp³-hybridized carbons (Fsp3) is 0.233. The summed E-state index contributed by atoms with van der Waals surface area (Å²) >= 11 is 0. The summed E-state index contributed by atoms with van der Waals surface area (Å²) in [6.45, 7) is 1.84. The van der Waals surface area contributed by atoms with Crippen molar-refractivity contribution in [2.75, 3.05) is 32.5 Å². The van der Waals surface area contributed by atoms with Gasteiger partial charge in [0.15, 0.2) is 0 Å². The van der Waals surface area contributed by atoms with Crippen LogP contribution in [0.15, 0.2) is 59.3 Å². The first-order chi connectivity index (χ1) is 18.5. The number of likely N-dealkylation sites (N-methyl/N-ethyl adjacent to an activating group) is 1. The van der Waals surface area contributed by atoms with E-state index in [1.54, 1.807) is 6.21 Å². The molecule has 1 unspecified atom stereocenters. The average molecular weight is 506 g/mol. The molecule has 0 saturated heterocycles. The number of carbonyl (C=O) groups is 2. The number of aliphatic imine (C=N–C) groups is 1. The molecule has 3 aromatic rings. The summed E-state index contributed by atoms with van der Waals surface area (Å²) in [4.78, 5) is 39.1. The number of hydrogen-bond donors (Lipinski definition) is 2. The van der Waals surface area contributed by atoms with Gasteiger partial charge < -0.3 is 19.9 Å². The molecule has 0 fully saturated rings. The zero-order valence-corrected chi connectivity index (χ0v) is 21.2. The molecule has 0 saturated carbocycles. The molecule has 0 radical (unpaired) electrons. The lowest BCUT2D eigenvalue weighted by molar-refractivity contribution is 0.0645. The monoisotopic (exact) mass is 505 g/mol. The molecular weight excluding hydrogens is 478 g/mol. The number of benzene rings is 2. The largest absolute Gasteiger partial charge is 0.489 e. The molecule has 2 amide bonds. The zero-order chi connectivity index (χ0) is 26.0. The number of anilines is 1. The summed E-state index contributed by atoms with van der Waals surface area (Å²) in [6.07, 6.45) is 9.71. The van der Waals surface area contributed by atoms with Crippen LogP contribution in [0.3, 0.4) is 0 Å². The summed E-state index contributed by atoms with van der Waals surface area (Å²) in [6, 6.07) is 9.89. The number of ether oxygens (including phenoxy) is 1. The van der Waals surface area contributed by atoms with Crippen molar-refractivity contribution in [3.05, 3.63) is 87.1 Å². The van der Waals surface area contributed by atoms with Gasteiger partial charge in [0.05, 0.1) is 34.9 Å². The fourth-order valence-electron chi connectivity index (χ4n) is 5.75. The number of aromatic nitrogens is 1. The maximum Gasteiger partial charge on any atom is 0.262 e.